The molecule has 0 amide bonds. The first-order valence-corrected chi connectivity index (χ1v) is 5.93. The molecular formula is C12H11F2NOS. The van der Waals surface area contributed by atoms with Crippen LogP contribution >= 0.6 is 11.3 Å². The predicted molar refractivity (Wildman–Crippen MR) is 63.4 cm³/mol. The third-order valence-corrected chi connectivity index (χ3v) is 3.05. The summed E-state index contributed by atoms with van der Waals surface area (Å²) in [4.78, 5) is 0. The molecule has 0 aliphatic rings. The van der Waals surface area contributed by atoms with Crippen LogP contribution in [0, 0.1) is 0 Å². The third-order valence-electron chi connectivity index (χ3n) is 2.34. The van der Waals surface area contributed by atoms with Gasteiger partial charge in [0, 0.05) is 0 Å². The summed E-state index contributed by atoms with van der Waals surface area (Å²) >= 11 is 1.55. The van der Waals surface area contributed by atoms with Crippen LogP contribution in [0.15, 0.2) is 41.1 Å². The maximum Gasteiger partial charge on any atom is 0.387 e. The molecule has 2 nitrogen and oxygen atoms in total. The highest BCUT2D eigenvalue weighted by Gasteiger charge is 2.11. The average molecular weight is 255 g/mol. The lowest BCUT2D eigenvalue weighted by molar-refractivity contribution is -0.0498. The second-order valence-corrected chi connectivity index (χ2v) is 4.27. The topological polar surface area (TPSA) is 35.2 Å². The molecule has 0 aliphatic carbocycles. The van der Waals surface area contributed by atoms with E-state index in [4.69, 9.17) is 5.73 Å². The fourth-order valence-electron chi connectivity index (χ4n) is 1.53. The van der Waals surface area contributed by atoms with Crippen molar-refractivity contribution in [1.82, 2.24) is 0 Å². The van der Waals surface area contributed by atoms with Gasteiger partial charge in [-0.05, 0) is 40.1 Å². The maximum atomic E-state index is 12.1. The largest absolute Gasteiger partial charge is 0.435 e. The molecule has 2 rings (SSSR count). The summed E-state index contributed by atoms with van der Waals surface area (Å²) in [5.74, 6) is 0.128. The summed E-state index contributed by atoms with van der Waals surface area (Å²) in [6, 6.07) is 8.06. The molecule has 2 N–H and O–H groups in total. The molecule has 0 fully saturated rings. The van der Waals surface area contributed by atoms with Gasteiger partial charge < -0.3 is 10.5 Å². The summed E-state index contributed by atoms with van der Waals surface area (Å²) in [5, 5.41) is 3.86. The molecule has 1 unspecified atom stereocenters. The van der Waals surface area contributed by atoms with E-state index in [2.05, 4.69) is 4.74 Å². The van der Waals surface area contributed by atoms with E-state index in [-0.39, 0.29) is 11.8 Å². The molecule has 0 spiro atoms. The van der Waals surface area contributed by atoms with E-state index in [0.29, 0.717) is 0 Å². The number of nitrogens with two attached hydrogens (primary N) is 1. The molecule has 1 aromatic carbocycles. The molecule has 0 saturated heterocycles. The zero-order valence-corrected chi connectivity index (χ0v) is 9.66. The minimum Gasteiger partial charge on any atom is -0.435 e. The second kappa shape index (κ2) is 5.25. The standard InChI is InChI=1S/C12H11F2NOS/c13-12(14)16-10-3-1-2-8(6-10)11(15)9-4-5-17-7-9/h1-7,11-12H,15H2. The normalized spacial score (nSPS) is 12.7. The molecule has 2 aromatic rings. The zero-order valence-electron chi connectivity index (χ0n) is 8.85. The second-order valence-electron chi connectivity index (χ2n) is 3.49. The Morgan fingerprint density at radius 2 is 2.00 bits per heavy atom. The number of benzene rings is 1. The van der Waals surface area contributed by atoms with E-state index in [0.717, 1.165) is 11.1 Å². The predicted octanol–water partition coefficient (Wildman–Crippen LogP) is 3.40. The molecule has 0 aliphatic heterocycles. The first-order chi connectivity index (χ1) is 8.16. The summed E-state index contributed by atoms with van der Waals surface area (Å²) in [5.41, 5.74) is 7.74. The van der Waals surface area contributed by atoms with Crippen molar-refractivity contribution in [2.45, 2.75) is 12.7 Å². The van der Waals surface area contributed by atoms with Gasteiger partial charge in [0.1, 0.15) is 5.75 Å². The van der Waals surface area contributed by atoms with Gasteiger partial charge in [-0.15, -0.1) is 0 Å². The lowest BCUT2D eigenvalue weighted by Gasteiger charge is -2.12. The van der Waals surface area contributed by atoms with Crippen LogP contribution in [0.2, 0.25) is 0 Å². The Balaban J connectivity index is 2.21. The van der Waals surface area contributed by atoms with Crippen LogP contribution in [-0.2, 0) is 0 Å². The van der Waals surface area contributed by atoms with Gasteiger partial charge in [0.25, 0.3) is 0 Å². The molecule has 0 bridgehead atoms. The van der Waals surface area contributed by atoms with Crippen molar-refractivity contribution in [2.75, 3.05) is 0 Å². The van der Waals surface area contributed by atoms with Crippen LogP contribution in [0.4, 0.5) is 8.78 Å². The Kier molecular flexibility index (Phi) is 3.71. The molecule has 1 heterocycles. The van der Waals surface area contributed by atoms with Gasteiger partial charge in [0.2, 0.25) is 0 Å². The molecule has 0 saturated carbocycles. The van der Waals surface area contributed by atoms with Crippen LogP contribution in [0.1, 0.15) is 17.2 Å². The summed E-state index contributed by atoms with van der Waals surface area (Å²) in [6.07, 6.45) is 0. The highest BCUT2D eigenvalue weighted by Crippen LogP contribution is 2.25. The maximum absolute atomic E-state index is 12.1. The zero-order chi connectivity index (χ0) is 12.3. The van der Waals surface area contributed by atoms with Gasteiger partial charge in [-0.25, -0.2) is 0 Å². The van der Waals surface area contributed by atoms with Crippen molar-refractivity contribution in [3.8, 4) is 5.75 Å². The Morgan fingerprint density at radius 1 is 1.18 bits per heavy atom. The molecular weight excluding hydrogens is 244 g/mol. The Labute approximate surface area is 102 Å². The van der Waals surface area contributed by atoms with Crippen molar-refractivity contribution < 1.29 is 13.5 Å². The van der Waals surface area contributed by atoms with Crippen molar-refractivity contribution in [3.63, 3.8) is 0 Å². The van der Waals surface area contributed by atoms with Crippen molar-refractivity contribution in [2.24, 2.45) is 5.73 Å². The smallest absolute Gasteiger partial charge is 0.387 e. The van der Waals surface area contributed by atoms with Crippen molar-refractivity contribution >= 4 is 11.3 Å². The highest BCUT2D eigenvalue weighted by molar-refractivity contribution is 7.08. The Morgan fingerprint density at radius 3 is 2.65 bits per heavy atom. The first-order valence-electron chi connectivity index (χ1n) is 4.99. The number of rotatable bonds is 4. The number of alkyl halides is 2. The van der Waals surface area contributed by atoms with Gasteiger partial charge in [0.05, 0.1) is 6.04 Å². The average Bonchev–Trinajstić information content (AvgIpc) is 2.81. The van der Waals surface area contributed by atoms with E-state index >= 15 is 0 Å². The Bertz CT molecular complexity index is 473. The van der Waals surface area contributed by atoms with Crippen LogP contribution in [0.5, 0.6) is 5.75 Å². The number of thiophene rings is 1. The number of ether oxygens (including phenoxy) is 1. The number of hydrogen-bond donors (Lipinski definition) is 1. The summed E-state index contributed by atoms with van der Waals surface area (Å²) in [6.45, 7) is -2.82. The minimum absolute atomic E-state index is 0.128. The SMILES string of the molecule is NC(c1ccsc1)c1cccc(OC(F)F)c1. The third kappa shape index (κ3) is 3.01. The number of halogens is 2. The number of hydrogen-bond acceptors (Lipinski definition) is 3. The van der Waals surface area contributed by atoms with Crippen LogP contribution in [0.25, 0.3) is 0 Å². The van der Waals surface area contributed by atoms with Crippen molar-refractivity contribution in [1.29, 1.82) is 0 Å². The monoisotopic (exact) mass is 255 g/mol. The molecule has 1 atom stereocenters. The highest BCUT2D eigenvalue weighted by atomic mass is 32.1. The Hall–Kier alpha value is -1.46. The van der Waals surface area contributed by atoms with E-state index in [9.17, 15) is 8.78 Å². The molecule has 0 radical (unpaired) electrons. The fraction of sp³-hybridized carbons (Fsp3) is 0.167. The molecule has 17 heavy (non-hydrogen) atoms. The van der Waals surface area contributed by atoms with E-state index in [1.54, 1.807) is 23.5 Å². The van der Waals surface area contributed by atoms with E-state index < -0.39 is 6.61 Å². The molecule has 5 heteroatoms. The molecule has 1 aromatic heterocycles. The van der Waals surface area contributed by atoms with E-state index in [1.165, 1.54) is 12.1 Å². The van der Waals surface area contributed by atoms with Gasteiger partial charge >= 0.3 is 6.61 Å². The minimum atomic E-state index is -2.82. The van der Waals surface area contributed by atoms with Gasteiger partial charge in [-0.2, -0.15) is 20.1 Å². The van der Waals surface area contributed by atoms with Gasteiger partial charge in [0.15, 0.2) is 0 Å². The quantitative estimate of drug-likeness (QED) is 0.908. The van der Waals surface area contributed by atoms with Gasteiger partial charge in [-0.3, -0.25) is 0 Å². The fourth-order valence-corrected chi connectivity index (χ4v) is 2.23. The first kappa shape index (κ1) is 12.0. The molecule has 90 valence electrons. The lowest BCUT2D eigenvalue weighted by atomic mass is 10.0. The summed E-state index contributed by atoms with van der Waals surface area (Å²) < 4.78 is 28.5. The van der Waals surface area contributed by atoms with Crippen LogP contribution < -0.4 is 10.5 Å². The lowest BCUT2D eigenvalue weighted by Crippen LogP contribution is -2.11. The van der Waals surface area contributed by atoms with Crippen LogP contribution in [0.3, 0.4) is 0 Å². The van der Waals surface area contributed by atoms with Crippen molar-refractivity contribution in [3.05, 3.63) is 52.2 Å². The van der Waals surface area contributed by atoms with Gasteiger partial charge in [-0.1, -0.05) is 12.1 Å². The summed E-state index contributed by atoms with van der Waals surface area (Å²) in [7, 11) is 0. The van der Waals surface area contributed by atoms with E-state index in [1.807, 2.05) is 16.8 Å². The van der Waals surface area contributed by atoms with Crippen LogP contribution in [-0.4, -0.2) is 6.61 Å².